The lowest BCUT2D eigenvalue weighted by Crippen LogP contribution is -2.52. The van der Waals surface area contributed by atoms with E-state index in [4.69, 9.17) is 9.47 Å². The number of fused-ring (bicyclic) bond motifs is 1. The van der Waals surface area contributed by atoms with E-state index in [1.165, 1.54) is 16.5 Å². The van der Waals surface area contributed by atoms with Gasteiger partial charge in [-0.25, -0.2) is 0 Å². The lowest BCUT2D eigenvalue weighted by atomic mass is 9.76. The molecule has 2 aromatic carbocycles. The molecule has 5 rings (SSSR count). The van der Waals surface area contributed by atoms with Crippen molar-refractivity contribution in [2.45, 2.75) is 38.0 Å². The maximum Gasteiger partial charge on any atom is 0.255 e. The first-order valence-corrected chi connectivity index (χ1v) is 12.6. The second-order valence-electron chi connectivity index (χ2n) is 9.97. The number of amides is 3. The molecular formula is C25H30B3N3O5. The number of ether oxygens (including phenoxy) is 2. The highest BCUT2D eigenvalue weighted by Crippen LogP contribution is 2.35. The summed E-state index contributed by atoms with van der Waals surface area (Å²) in [5, 5.41) is 2.35. The van der Waals surface area contributed by atoms with E-state index in [0.29, 0.717) is 24.3 Å². The topological polar surface area (TPSA) is 88.2 Å². The number of hydrogen-bond donors (Lipinski definition) is 1. The van der Waals surface area contributed by atoms with Gasteiger partial charge in [-0.05, 0) is 29.7 Å². The molecule has 3 amide bonds. The summed E-state index contributed by atoms with van der Waals surface area (Å²) in [6.07, 6.45) is 0.573. The SMILES string of the molecule is Bc1cc(C(B)Oc2cccc3c2CN(C2CCC(=O)NC2=O)C3=O)c(B)cc1CN1CCOCC1. The van der Waals surface area contributed by atoms with E-state index in [0.717, 1.165) is 44.0 Å². The highest BCUT2D eigenvalue weighted by molar-refractivity contribution is 6.37. The van der Waals surface area contributed by atoms with Crippen molar-refractivity contribution in [3.63, 3.8) is 0 Å². The van der Waals surface area contributed by atoms with Gasteiger partial charge < -0.3 is 14.4 Å². The van der Waals surface area contributed by atoms with Crippen molar-refractivity contribution < 1.29 is 23.9 Å². The van der Waals surface area contributed by atoms with Crippen LogP contribution in [0.5, 0.6) is 5.75 Å². The van der Waals surface area contributed by atoms with E-state index in [1.54, 1.807) is 11.0 Å². The van der Waals surface area contributed by atoms with Crippen molar-refractivity contribution in [2.24, 2.45) is 0 Å². The molecule has 11 heteroatoms. The zero-order valence-electron chi connectivity index (χ0n) is 21.1. The van der Waals surface area contributed by atoms with Crippen LogP contribution in [-0.4, -0.2) is 83.4 Å². The molecule has 3 aliphatic heterocycles. The first kappa shape index (κ1) is 24.7. The van der Waals surface area contributed by atoms with Crippen LogP contribution in [0, 0.1) is 0 Å². The van der Waals surface area contributed by atoms with Gasteiger partial charge in [0, 0.05) is 37.2 Å². The van der Waals surface area contributed by atoms with E-state index in [-0.39, 0.29) is 24.2 Å². The maximum absolute atomic E-state index is 13.1. The number of carbonyl (C=O) groups is 3. The predicted molar refractivity (Wildman–Crippen MR) is 143 cm³/mol. The number of morpholine rings is 1. The van der Waals surface area contributed by atoms with Crippen LogP contribution in [0.1, 0.15) is 45.9 Å². The number of piperidine rings is 1. The van der Waals surface area contributed by atoms with Crippen molar-refractivity contribution in [2.75, 3.05) is 26.3 Å². The van der Waals surface area contributed by atoms with Gasteiger partial charge in [0.1, 0.15) is 27.5 Å². The smallest absolute Gasteiger partial charge is 0.255 e. The van der Waals surface area contributed by atoms with Crippen LogP contribution in [0.25, 0.3) is 0 Å². The number of nitrogens with one attached hydrogen (secondary N) is 1. The van der Waals surface area contributed by atoms with E-state index in [1.807, 2.05) is 20.0 Å². The largest absolute Gasteiger partial charge is 0.495 e. The highest BCUT2D eigenvalue weighted by Gasteiger charge is 2.40. The average molecular weight is 485 g/mol. The van der Waals surface area contributed by atoms with E-state index >= 15 is 0 Å². The third kappa shape index (κ3) is 4.82. The van der Waals surface area contributed by atoms with Crippen LogP contribution in [0.15, 0.2) is 30.3 Å². The summed E-state index contributed by atoms with van der Waals surface area (Å²) in [6, 6.07) is 9.08. The molecule has 2 fully saturated rings. The van der Waals surface area contributed by atoms with Gasteiger partial charge in [-0.2, -0.15) is 0 Å². The third-order valence-electron chi connectivity index (χ3n) is 7.50. The molecule has 2 saturated heterocycles. The lowest BCUT2D eigenvalue weighted by molar-refractivity contribution is -0.136. The Hall–Kier alpha value is -3.04. The highest BCUT2D eigenvalue weighted by atomic mass is 16.5. The summed E-state index contributed by atoms with van der Waals surface area (Å²) in [6.45, 7) is 4.68. The molecule has 2 aromatic rings. The Bertz CT molecular complexity index is 1220. The zero-order valence-corrected chi connectivity index (χ0v) is 21.1. The fraction of sp³-hybridized carbons (Fsp3) is 0.400. The summed E-state index contributed by atoms with van der Waals surface area (Å²) in [5.74, 6) is -0.249. The molecule has 2 unspecified atom stereocenters. The monoisotopic (exact) mass is 485 g/mol. The van der Waals surface area contributed by atoms with Crippen molar-refractivity contribution in [1.29, 1.82) is 0 Å². The van der Waals surface area contributed by atoms with Gasteiger partial charge in [-0.1, -0.05) is 29.1 Å². The van der Waals surface area contributed by atoms with E-state index < -0.39 is 11.9 Å². The van der Waals surface area contributed by atoms with E-state index in [9.17, 15) is 14.4 Å². The van der Waals surface area contributed by atoms with Gasteiger partial charge in [-0.3, -0.25) is 24.6 Å². The second kappa shape index (κ2) is 10.1. The van der Waals surface area contributed by atoms with Gasteiger partial charge in [-0.15, -0.1) is 0 Å². The second-order valence-corrected chi connectivity index (χ2v) is 9.97. The average Bonchev–Trinajstić information content (AvgIpc) is 3.19. The van der Waals surface area contributed by atoms with Crippen molar-refractivity contribution in [3.05, 3.63) is 52.6 Å². The summed E-state index contributed by atoms with van der Waals surface area (Å²) in [5.41, 5.74) is 6.18. The molecule has 3 heterocycles. The Morgan fingerprint density at radius 3 is 2.64 bits per heavy atom. The molecule has 0 saturated carbocycles. The van der Waals surface area contributed by atoms with Gasteiger partial charge in [0.2, 0.25) is 11.8 Å². The predicted octanol–water partition coefficient (Wildman–Crippen LogP) is -2.49. The lowest BCUT2D eigenvalue weighted by Gasteiger charge is -2.29. The van der Waals surface area contributed by atoms with Crippen LogP contribution in [0.4, 0.5) is 0 Å². The summed E-state index contributed by atoms with van der Waals surface area (Å²) in [7, 11) is 6.28. The minimum atomic E-state index is -0.642. The van der Waals surface area contributed by atoms with Crippen LogP contribution < -0.4 is 21.0 Å². The van der Waals surface area contributed by atoms with Crippen LogP contribution >= 0.6 is 0 Å². The van der Waals surface area contributed by atoms with Gasteiger partial charge in [0.25, 0.3) is 5.91 Å². The van der Waals surface area contributed by atoms with Gasteiger partial charge in [0.15, 0.2) is 7.85 Å². The maximum atomic E-state index is 13.1. The molecule has 2 atom stereocenters. The fourth-order valence-corrected chi connectivity index (χ4v) is 5.43. The number of benzene rings is 2. The Morgan fingerprint density at radius 1 is 1.11 bits per heavy atom. The van der Waals surface area contributed by atoms with Crippen LogP contribution in [-0.2, 0) is 27.4 Å². The standard InChI is InChI=1S/C25H30B3N3O5/c26-18-11-16(19(27)10-14(18)12-30-6-8-35-9-7-30)23(28)36-21-3-1-2-15-17(21)13-31(25(15)34)20-4-5-22(32)29-24(20)33/h1-3,10-11,20,23H,4-9,12-13,26-28H2,(H,29,32,33). The molecule has 3 aliphatic rings. The quantitative estimate of drug-likeness (QED) is 0.360. The number of imide groups is 1. The normalized spacial score (nSPS) is 21.3. The summed E-state index contributed by atoms with van der Waals surface area (Å²) >= 11 is 0. The van der Waals surface area contributed by atoms with Gasteiger partial charge in [0.05, 0.1) is 25.8 Å². The molecule has 0 bridgehead atoms. The Kier molecular flexibility index (Phi) is 6.95. The molecule has 8 nitrogen and oxygen atoms in total. The third-order valence-corrected chi connectivity index (χ3v) is 7.50. The molecule has 36 heavy (non-hydrogen) atoms. The minimum absolute atomic E-state index is 0.197. The molecule has 0 radical (unpaired) electrons. The molecule has 0 spiro atoms. The fourth-order valence-electron chi connectivity index (χ4n) is 5.43. The molecule has 184 valence electrons. The first-order chi connectivity index (χ1) is 17.3. The zero-order chi connectivity index (χ0) is 25.4. The first-order valence-electron chi connectivity index (χ1n) is 12.6. The number of hydrogen-bond acceptors (Lipinski definition) is 6. The van der Waals surface area contributed by atoms with Crippen LogP contribution in [0.3, 0.4) is 0 Å². The summed E-state index contributed by atoms with van der Waals surface area (Å²) in [4.78, 5) is 41.0. The van der Waals surface area contributed by atoms with Crippen molar-refractivity contribution in [3.8, 4) is 5.75 Å². The molecular weight excluding hydrogens is 455 g/mol. The Morgan fingerprint density at radius 2 is 1.89 bits per heavy atom. The molecule has 0 aromatic heterocycles. The summed E-state index contributed by atoms with van der Waals surface area (Å²) < 4.78 is 11.9. The van der Waals surface area contributed by atoms with Crippen molar-refractivity contribution in [1.82, 2.24) is 15.1 Å². The minimum Gasteiger partial charge on any atom is -0.495 e. The van der Waals surface area contributed by atoms with Crippen molar-refractivity contribution >= 4 is 52.2 Å². The Balaban J connectivity index is 1.33. The number of rotatable bonds is 6. The number of carbonyl (C=O) groups excluding carboxylic acids is 3. The van der Waals surface area contributed by atoms with E-state index in [2.05, 4.69) is 38.0 Å². The molecule has 1 N–H and O–H groups in total. The van der Waals surface area contributed by atoms with Gasteiger partial charge >= 0.3 is 0 Å². The van der Waals surface area contributed by atoms with Crippen LogP contribution in [0.2, 0.25) is 0 Å². The number of nitrogens with zero attached hydrogens (tertiary/aromatic N) is 2. The molecule has 0 aliphatic carbocycles. The Labute approximate surface area is 213 Å².